The Morgan fingerprint density at radius 2 is 2.00 bits per heavy atom. The molecular weight excluding hydrogens is 320 g/mol. The highest BCUT2D eigenvalue weighted by Gasteiger charge is 2.38. The van der Waals surface area contributed by atoms with Gasteiger partial charge in [0.25, 0.3) is 5.91 Å². The van der Waals surface area contributed by atoms with Crippen molar-refractivity contribution in [3.63, 3.8) is 0 Å². The van der Waals surface area contributed by atoms with Gasteiger partial charge >= 0.3 is 0 Å². The van der Waals surface area contributed by atoms with Crippen LogP contribution >= 0.6 is 0 Å². The molecule has 1 unspecified atom stereocenters. The lowest BCUT2D eigenvalue weighted by Crippen LogP contribution is -2.49. The molecule has 1 amide bonds. The number of rotatable bonds is 1. The van der Waals surface area contributed by atoms with E-state index in [0.29, 0.717) is 12.0 Å². The predicted octanol–water partition coefficient (Wildman–Crippen LogP) is 4.81. The fourth-order valence-corrected chi connectivity index (χ4v) is 5.03. The van der Waals surface area contributed by atoms with E-state index < -0.39 is 0 Å². The van der Waals surface area contributed by atoms with Crippen LogP contribution in [0.5, 0.6) is 0 Å². The van der Waals surface area contributed by atoms with E-state index in [4.69, 9.17) is 0 Å². The number of hydrogen-bond acceptors (Lipinski definition) is 1. The highest BCUT2D eigenvalue weighted by molar-refractivity contribution is 5.98. The third kappa shape index (κ3) is 2.45. The van der Waals surface area contributed by atoms with Crippen LogP contribution in [-0.4, -0.2) is 28.4 Å². The van der Waals surface area contributed by atoms with Gasteiger partial charge in [-0.05, 0) is 68.0 Å². The maximum atomic E-state index is 13.3. The number of hydrogen-bond donors (Lipinski definition) is 1. The van der Waals surface area contributed by atoms with E-state index in [2.05, 4.69) is 47.1 Å². The Morgan fingerprint density at radius 3 is 2.92 bits per heavy atom. The lowest BCUT2D eigenvalue weighted by atomic mass is 9.74. The molecule has 5 rings (SSSR count). The second-order valence-electron chi connectivity index (χ2n) is 7.81. The van der Waals surface area contributed by atoms with Gasteiger partial charge in [-0.1, -0.05) is 24.3 Å². The topological polar surface area (TPSA) is 36.1 Å². The van der Waals surface area contributed by atoms with Gasteiger partial charge in [-0.25, -0.2) is 0 Å². The van der Waals surface area contributed by atoms with Gasteiger partial charge in [-0.2, -0.15) is 0 Å². The molecule has 2 aromatic carbocycles. The number of carbonyl (C=O) groups excluding carboxylic acids is 1. The van der Waals surface area contributed by atoms with Crippen molar-refractivity contribution in [3.05, 3.63) is 70.9 Å². The van der Waals surface area contributed by atoms with E-state index in [1.165, 1.54) is 17.5 Å². The minimum absolute atomic E-state index is 0.194. The van der Waals surface area contributed by atoms with Gasteiger partial charge in [0.05, 0.1) is 0 Å². The number of nitrogens with zero attached hydrogens (tertiary/aromatic N) is 1. The summed E-state index contributed by atoms with van der Waals surface area (Å²) in [6.45, 7) is 2.93. The summed E-state index contributed by atoms with van der Waals surface area (Å²) >= 11 is 0. The fourth-order valence-electron chi connectivity index (χ4n) is 5.03. The van der Waals surface area contributed by atoms with Gasteiger partial charge in [0.2, 0.25) is 0 Å². The predicted molar refractivity (Wildman–Crippen MR) is 105 cm³/mol. The summed E-state index contributed by atoms with van der Waals surface area (Å²) in [5, 5.41) is 1.12. The zero-order chi connectivity index (χ0) is 17.7. The Morgan fingerprint density at radius 1 is 1.12 bits per heavy atom. The number of nitrogens with one attached hydrogen (secondary N) is 1. The molecule has 3 heteroatoms. The molecule has 3 nitrogen and oxygen atoms in total. The normalized spacial score (nSPS) is 22.1. The molecule has 1 saturated heterocycles. The molecule has 1 N–H and O–H groups in total. The zero-order valence-electron chi connectivity index (χ0n) is 15.2. The Balaban J connectivity index is 1.48. The Labute approximate surface area is 154 Å². The van der Waals surface area contributed by atoms with Crippen molar-refractivity contribution < 1.29 is 4.79 Å². The number of likely N-dealkylation sites (tertiary alicyclic amines) is 1. The second kappa shape index (κ2) is 6.01. The minimum atomic E-state index is 0.194. The average Bonchev–Trinajstić information content (AvgIpc) is 3.06. The molecule has 0 radical (unpaired) electrons. The molecule has 0 spiro atoms. The molecule has 26 heavy (non-hydrogen) atoms. The van der Waals surface area contributed by atoms with Crippen LogP contribution in [0.1, 0.15) is 52.4 Å². The third-order valence-electron chi connectivity index (χ3n) is 6.21. The lowest BCUT2D eigenvalue weighted by molar-refractivity contribution is 0.0547. The van der Waals surface area contributed by atoms with Gasteiger partial charge in [-0.3, -0.25) is 4.79 Å². The summed E-state index contributed by atoms with van der Waals surface area (Å²) in [4.78, 5) is 18.8. The van der Waals surface area contributed by atoms with Gasteiger partial charge in [0.1, 0.15) is 0 Å². The summed E-state index contributed by atoms with van der Waals surface area (Å²) in [6.07, 6.45) is 4.45. The SMILES string of the molecule is Cc1cc2cc(C(=O)N3CCCC4c5ccccc5CC[C@@H]43)ccc2[nH]1. The molecular formula is C23H24N2O. The van der Waals surface area contributed by atoms with E-state index in [0.717, 1.165) is 48.0 Å². The maximum Gasteiger partial charge on any atom is 0.254 e. The van der Waals surface area contributed by atoms with Gasteiger partial charge < -0.3 is 9.88 Å². The van der Waals surface area contributed by atoms with Crippen molar-refractivity contribution in [2.24, 2.45) is 0 Å². The molecule has 3 aromatic rings. The molecule has 2 atom stereocenters. The summed E-state index contributed by atoms with van der Waals surface area (Å²) in [5.74, 6) is 0.690. The standard InChI is InChI=1S/C23H24N2O/c1-15-13-18-14-17(8-10-21(18)24-15)23(26)25-12-4-7-20-19-6-3-2-5-16(19)9-11-22(20)25/h2-3,5-6,8,10,13-14,20,22,24H,4,7,9,11-12H2,1H3/t20?,22-/m0/s1. The zero-order valence-corrected chi connectivity index (χ0v) is 15.2. The van der Waals surface area contributed by atoms with Crippen molar-refractivity contribution >= 4 is 16.8 Å². The number of benzene rings is 2. The summed E-state index contributed by atoms with van der Waals surface area (Å²) in [6, 6.07) is 17.3. The molecule has 132 valence electrons. The number of amides is 1. The number of aromatic amines is 1. The third-order valence-corrected chi connectivity index (χ3v) is 6.21. The molecule has 1 aromatic heterocycles. The van der Waals surface area contributed by atoms with Crippen molar-refractivity contribution in [3.8, 4) is 0 Å². The lowest BCUT2D eigenvalue weighted by Gasteiger charge is -2.45. The van der Waals surface area contributed by atoms with Crippen LogP contribution in [0.2, 0.25) is 0 Å². The van der Waals surface area contributed by atoms with Gasteiger partial charge in [-0.15, -0.1) is 0 Å². The Hall–Kier alpha value is -2.55. The van der Waals surface area contributed by atoms with Crippen molar-refractivity contribution in [2.75, 3.05) is 6.54 Å². The smallest absolute Gasteiger partial charge is 0.254 e. The number of aromatic nitrogens is 1. The first-order chi connectivity index (χ1) is 12.7. The number of carbonyl (C=O) groups is 1. The number of aryl methyl sites for hydroxylation is 2. The van der Waals surface area contributed by atoms with Gasteiger partial charge in [0, 0.05) is 40.7 Å². The highest BCUT2D eigenvalue weighted by Crippen LogP contribution is 2.41. The van der Waals surface area contributed by atoms with Crippen LogP contribution in [0, 0.1) is 6.92 Å². The highest BCUT2D eigenvalue weighted by atomic mass is 16.2. The molecule has 2 heterocycles. The second-order valence-corrected chi connectivity index (χ2v) is 7.81. The van der Waals surface area contributed by atoms with E-state index in [-0.39, 0.29) is 5.91 Å². The molecule has 1 aliphatic heterocycles. The number of H-pyrrole nitrogens is 1. The van der Waals surface area contributed by atoms with E-state index in [1.807, 2.05) is 18.2 Å². The first kappa shape index (κ1) is 15.7. The fraction of sp³-hybridized carbons (Fsp3) is 0.348. The maximum absolute atomic E-state index is 13.3. The van der Waals surface area contributed by atoms with Crippen LogP contribution < -0.4 is 0 Å². The number of fused-ring (bicyclic) bond motifs is 4. The van der Waals surface area contributed by atoms with Crippen molar-refractivity contribution in [1.29, 1.82) is 0 Å². The molecule has 0 saturated carbocycles. The van der Waals surface area contributed by atoms with E-state index >= 15 is 0 Å². The molecule has 1 fully saturated rings. The summed E-state index contributed by atoms with van der Waals surface area (Å²) in [7, 11) is 0. The van der Waals surface area contributed by atoms with Crippen molar-refractivity contribution in [1.82, 2.24) is 9.88 Å². The largest absolute Gasteiger partial charge is 0.359 e. The van der Waals surface area contributed by atoms with E-state index in [1.54, 1.807) is 0 Å². The summed E-state index contributed by atoms with van der Waals surface area (Å²) < 4.78 is 0. The summed E-state index contributed by atoms with van der Waals surface area (Å²) in [5.41, 5.74) is 6.00. The molecule has 2 aliphatic rings. The minimum Gasteiger partial charge on any atom is -0.359 e. The average molecular weight is 344 g/mol. The van der Waals surface area contributed by atoms with E-state index in [9.17, 15) is 4.79 Å². The molecule has 1 aliphatic carbocycles. The quantitative estimate of drug-likeness (QED) is 0.675. The Kier molecular flexibility index (Phi) is 3.63. The van der Waals surface area contributed by atoms with Crippen LogP contribution in [-0.2, 0) is 6.42 Å². The Bertz CT molecular complexity index is 987. The first-order valence-electron chi connectivity index (χ1n) is 9.69. The first-order valence-corrected chi connectivity index (χ1v) is 9.69. The van der Waals surface area contributed by atoms with Crippen LogP contribution in [0.15, 0.2) is 48.5 Å². The van der Waals surface area contributed by atoms with Crippen LogP contribution in [0.25, 0.3) is 10.9 Å². The monoisotopic (exact) mass is 344 g/mol. The molecule has 0 bridgehead atoms. The van der Waals surface area contributed by atoms with Crippen molar-refractivity contribution in [2.45, 2.75) is 44.6 Å². The van der Waals surface area contributed by atoms with Crippen LogP contribution in [0.3, 0.4) is 0 Å². The van der Waals surface area contributed by atoms with Crippen LogP contribution in [0.4, 0.5) is 0 Å². The number of piperidine rings is 1. The van der Waals surface area contributed by atoms with Gasteiger partial charge in [0.15, 0.2) is 0 Å².